The zero-order valence-electron chi connectivity index (χ0n) is 12.2. The van der Waals surface area contributed by atoms with Crippen LogP contribution in [0.1, 0.15) is 36.2 Å². The van der Waals surface area contributed by atoms with E-state index in [4.69, 9.17) is 5.73 Å². The number of nitrogens with zero attached hydrogens (tertiary/aromatic N) is 1. The first-order valence-electron chi connectivity index (χ1n) is 6.69. The second-order valence-corrected chi connectivity index (χ2v) is 5.11. The van der Waals surface area contributed by atoms with Gasteiger partial charge in [-0.05, 0) is 30.5 Å². The molecule has 108 valence electrons. The van der Waals surface area contributed by atoms with E-state index in [9.17, 15) is 9.18 Å². The summed E-state index contributed by atoms with van der Waals surface area (Å²) < 4.78 is 13.8. The molecular weight excluding hydrogens is 255 g/mol. The molecule has 0 unspecified atom stereocenters. The molecule has 0 atom stereocenters. The maximum atomic E-state index is 13.8. The van der Waals surface area contributed by atoms with Gasteiger partial charge in [0.05, 0.1) is 12.1 Å². The van der Waals surface area contributed by atoms with E-state index in [0.717, 1.165) is 6.42 Å². The topological polar surface area (TPSA) is 46.3 Å². The number of halogens is 1. The first-order chi connectivity index (χ1) is 9.45. The largest absolute Gasteiger partial charge is 0.342 e. The second-order valence-electron chi connectivity index (χ2n) is 5.11. The standard InChI is InChI=1S/C16H21FN2O/c1-12(2)8-10-19(3)16(20)14-7-6-13(5-4-9-18)15(17)11-14/h6-7,11-12H,8-10,18H2,1-3H3. The number of benzene rings is 1. The lowest BCUT2D eigenvalue weighted by atomic mass is 10.1. The Morgan fingerprint density at radius 2 is 2.15 bits per heavy atom. The molecule has 0 aliphatic carbocycles. The van der Waals surface area contributed by atoms with Crippen molar-refractivity contribution in [2.45, 2.75) is 20.3 Å². The molecule has 3 nitrogen and oxygen atoms in total. The quantitative estimate of drug-likeness (QED) is 0.857. The molecule has 1 aromatic rings. The molecule has 0 aromatic heterocycles. The molecule has 0 bridgehead atoms. The van der Waals surface area contributed by atoms with E-state index in [2.05, 4.69) is 25.7 Å². The second kappa shape index (κ2) is 7.66. The summed E-state index contributed by atoms with van der Waals surface area (Å²) in [5.41, 5.74) is 5.85. The van der Waals surface area contributed by atoms with E-state index < -0.39 is 5.82 Å². The van der Waals surface area contributed by atoms with Gasteiger partial charge in [-0.1, -0.05) is 25.7 Å². The van der Waals surface area contributed by atoms with Crippen molar-refractivity contribution >= 4 is 5.91 Å². The highest BCUT2D eigenvalue weighted by atomic mass is 19.1. The van der Waals surface area contributed by atoms with Gasteiger partial charge in [-0.15, -0.1) is 0 Å². The number of carbonyl (C=O) groups is 1. The van der Waals surface area contributed by atoms with E-state index in [-0.39, 0.29) is 18.0 Å². The fourth-order valence-electron chi connectivity index (χ4n) is 1.67. The summed E-state index contributed by atoms with van der Waals surface area (Å²) in [6, 6.07) is 4.34. The number of amides is 1. The number of nitrogens with two attached hydrogens (primary N) is 1. The minimum absolute atomic E-state index is 0.178. The summed E-state index contributed by atoms with van der Waals surface area (Å²) in [5.74, 6) is 5.08. The highest BCUT2D eigenvalue weighted by Crippen LogP contribution is 2.12. The summed E-state index contributed by atoms with van der Waals surface area (Å²) in [6.45, 7) is 5.04. The lowest BCUT2D eigenvalue weighted by Crippen LogP contribution is -2.28. The Bertz CT molecular complexity index is 529. The molecule has 1 aromatic carbocycles. The van der Waals surface area contributed by atoms with Gasteiger partial charge in [0.2, 0.25) is 0 Å². The van der Waals surface area contributed by atoms with E-state index >= 15 is 0 Å². The Balaban J connectivity index is 2.81. The number of rotatable bonds is 4. The van der Waals surface area contributed by atoms with Gasteiger partial charge in [0.1, 0.15) is 5.82 Å². The van der Waals surface area contributed by atoms with Crippen LogP contribution in [0.25, 0.3) is 0 Å². The van der Waals surface area contributed by atoms with Crippen LogP contribution in [-0.4, -0.2) is 30.9 Å². The van der Waals surface area contributed by atoms with Crippen LogP contribution in [0.4, 0.5) is 4.39 Å². The van der Waals surface area contributed by atoms with Gasteiger partial charge >= 0.3 is 0 Å². The van der Waals surface area contributed by atoms with Gasteiger partial charge in [0, 0.05) is 19.2 Å². The van der Waals surface area contributed by atoms with Gasteiger partial charge in [-0.2, -0.15) is 0 Å². The number of carbonyl (C=O) groups excluding carboxylic acids is 1. The fraction of sp³-hybridized carbons (Fsp3) is 0.438. The molecule has 1 rings (SSSR count). The summed E-state index contributed by atoms with van der Waals surface area (Å²) in [7, 11) is 1.73. The molecular formula is C16H21FN2O. The highest BCUT2D eigenvalue weighted by Gasteiger charge is 2.13. The Kier molecular flexibility index (Phi) is 6.20. The zero-order valence-corrected chi connectivity index (χ0v) is 12.2. The van der Waals surface area contributed by atoms with Crippen LogP contribution in [0, 0.1) is 23.6 Å². The van der Waals surface area contributed by atoms with Gasteiger partial charge in [-0.3, -0.25) is 4.79 Å². The SMILES string of the molecule is CC(C)CCN(C)C(=O)c1ccc(C#CCN)c(F)c1. The molecule has 0 aliphatic heterocycles. The minimum Gasteiger partial charge on any atom is -0.342 e. The third kappa shape index (κ3) is 4.67. The van der Waals surface area contributed by atoms with Crippen LogP contribution in [0.3, 0.4) is 0 Å². The Labute approximate surface area is 120 Å². The number of hydrogen-bond acceptors (Lipinski definition) is 2. The average Bonchev–Trinajstić information content (AvgIpc) is 2.42. The van der Waals surface area contributed by atoms with Crippen molar-refractivity contribution in [3.63, 3.8) is 0 Å². The smallest absolute Gasteiger partial charge is 0.253 e. The third-order valence-electron chi connectivity index (χ3n) is 2.93. The molecule has 4 heteroatoms. The summed E-state index contributed by atoms with van der Waals surface area (Å²) in [5, 5.41) is 0. The van der Waals surface area contributed by atoms with Crippen molar-refractivity contribution < 1.29 is 9.18 Å². The van der Waals surface area contributed by atoms with Crippen LogP contribution in [0.5, 0.6) is 0 Å². The van der Waals surface area contributed by atoms with Gasteiger partial charge < -0.3 is 10.6 Å². The summed E-state index contributed by atoms with van der Waals surface area (Å²) in [6.07, 6.45) is 0.921. The fourth-order valence-corrected chi connectivity index (χ4v) is 1.67. The molecule has 1 amide bonds. The average molecular weight is 276 g/mol. The normalized spacial score (nSPS) is 10.1. The van der Waals surface area contributed by atoms with E-state index in [0.29, 0.717) is 18.0 Å². The summed E-state index contributed by atoms with van der Waals surface area (Å²) >= 11 is 0. The molecule has 0 radical (unpaired) electrons. The first-order valence-corrected chi connectivity index (χ1v) is 6.69. The molecule has 0 spiro atoms. The predicted molar refractivity (Wildman–Crippen MR) is 78.7 cm³/mol. The van der Waals surface area contributed by atoms with Crippen LogP contribution >= 0.6 is 0 Å². The molecule has 0 aliphatic rings. The Hall–Kier alpha value is -1.86. The first kappa shape index (κ1) is 16.2. The lowest BCUT2D eigenvalue weighted by molar-refractivity contribution is 0.0788. The van der Waals surface area contributed by atoms with Crippen LogP contribution < -0.4 is 5.73 Å². The monoisotopic (exact) mass is 276 g/mol. The minimum atomic E-state index is -0.492. The third-order valence-corrected chi connectivity index (χ3v) is 2.93. The van der Waals surface area contributed by atoms with Crippen molar-refractivity contribution in [1.29, 1.82) is 0 Å². The maximum Gasteiger partial charge on any atom is 0.253 e. The van der Waals surface area contributed by atoms with Gasteiger partial charge in [0.25, 0.3) is 5.91 Å². The molecule has 0 heterocycles. The highest BCUT2D eigenvalue weighted by molar-refractivity contribution is 5.94. The lowest BCUT2D eigenvalue weighted by Gasteiger charge is -2.18. The predicted octanol–water partition coefficient (Wildman–Crippen LogP) is 2.25. The zero-order chi connectivity index (χ0) is 15.1. The van der Waals surface area contributed by atoms with Crippen molar-refractivity contribution in [3.05, 3.63) is 35.1 Å². The summed E-state index contributed by atoms with van der Waals surface area (Å²) in [4.78, 5) is 13.7. The maximum absolute atomic E-state index is 13.8. The van der Waals surface area contributed by atoms with Crippen molar-refractivity contribution in [2.75, 3.05) is 20.1 Å². The van der Waals surface area contributed by atoms with Crippen LogP contribution in [-0.2, 0) is 0 Å². The van der Waals surface area contributed by atoms with Crippen LogP contribution in [0.15, 0.2) is 18.2 Å². The van der Waals surface area contributed by atoms with E-state index in [1.807, 2.05) is 0 Å². The van der Waals surface area contributed by atoms with Crippen molar-refractivity contribution in [3.8, 4) is 11.8 Å². The number of hydrogen-bond donors (Lipinski definition) is 1. The van der Waals surface area contributed by atoms with E-state index in [1.54, 1.807) is 18.0 Å². The van der Waals surface area contributed by atoms with E-state index in [1.165, 1.54) is 12.1 Å². The Morgan fingerprint density at radius 1 is 1.45 bits per heavy atom. The van der Waals surface area contributed by atoms with Crippen molar-refractivity contribution in [1.82, 2.24) is 4.90 Å². The molecule has 0 saturated heterocycles. The van der Waals surface area contributed by atoms with Crippen LogP contribution in [0.2, 0.25) is 0 Å². The molecule has 0 saturated carbocycles. The molecule has 0 fully saturated rings. The van der Waals surface area contributed by atoms with Gasteiger partial charge in [-0.25, -0.2) is 4.39 Å². The molecule has 20 heavy (non-hydrogen) atoms. The Morgan fingerprint density at radius 3 is 2.70 bits per heavy atom. The van der Waals surface area contributed by atoms with Crippen molar-refractivity contribution in [2.24, 2.45) is 11.7 Å². The molecule has 2 N–H and O–H groups in total. The van der Waals surface area contributed by atoms with Gasteiger partial charge in [0.15, 0.2) is 0 Å².